The predicted molar refractivity (Wildman–Crippen MR) is 96.2 cm³/mol. The molecule has 1 amide bonds. The molecular formula is C18H29N5O2. The fraction of sp³-hybridized carbons (Fsp3) is 0.722. The molecule has 1 atom stereocenters. The molecule has 1 aromatic rings. The maximum Gasteiger partial charge on any atom is 0.222 e. The zero-order valence-electron chi connectivity index (χ0n) is 15.0. The molecule has 3 rings (SSSR count). The molecule has 0 unspecified atom stereocenters. The Balaban J connectivity index is 1.37. The molecule has 2 saturated heterocycles. The Bertz CT molecular complexity index is 537. The number of nitrogens with zero attached hydrogens (tertiary/aromatic N) is 3. The van der Waals surface area contributed by atoms with Crippen molar-refractivity contribution in [1.82, 2.24) is 20.2 Å². The number of carbonyl (C=O) groups excluding carboxylic acids is 1. The highest BCUT2D eigenvalue weighted by molar-refractivity contribution is 5.72. The number of rotatable bonds is 7. The average Bonchev–Trinajstić information content (AvgIpc) is 3.14. The first-order valence-electron chi connectivity index (χ1n) is 9.32. The van der Waals surface area contributed by atoms with Crippen LogP contribution in [0.5, 0.6) is 0 Å². The van der Waals surface area contributed by atoms with E-state index in [4.69, 9.17) is 4.74 Å². The van der Waals surface area contributed by atoms with Crippen molar-refractivity contribution in [3.8, 4) is 0 Å². The first-order chi connectivity index (χ1) is 12.2. The Morgan fingerprint density at radius 1 is 1.24 bits per heavy atom. The number of likely N-dealkylation sites (tertiary alicyclic amines) is 1. The molecule has 2 aliphatic rings. The molecule has 0 bridgehead atoms. The lowest BCUT2D eigenvalue weighted by Crippen LogP contribution is -2.37. The van der Waals surface area contributed by atoms with Crippen LogP contribution in [-0.2, 0) is 16.1 Å². The third-order valence-electron chi connectivity index (χ3n) is 4.97. The average molecular weight is 347 g/mol. The van der Waals surface area contributed by atoms with Crippen LogP contribution in [0.1, 0.15) is 38.2 Å². The van der Waals surface area contributed by atoms with Gasteiger partial charge in [-0.1, -0.05) is 0 Å². The third-order valence-corrected chi connectivity index (χ3v) is 4.97. The van der Waals surface area contributed by atoms with E-state index < -0.39 is 0 Å². The monoisotopic (exact) mass is 347 g/mol. The molecule has 2 aliphatic heterocycles. The maximum absolute atomic E-state index is 11.0. The Morgan fingerprint density at radius 3 is 2.64 bits per heavy atom. The third kappa shape index (κ3) is 5.93. The summed E-state index contributed by atoms with van der Waals surface area (Å²) in [5, 5.41) is 6.18. The number of piperidine rings is 1. The van der Waals surface area contributed by atoms with E-state index in [1.165, 1.54) is 0 Å². The van der Waals surface area contributed by atoms with Gasteiger partial charge in [0.1, 0.15) is 0 Å². The first-order valence-corrected chi connectivity index (χ1v) is 9.32. The molecule has 0 aromatic carbocycles. The Morgan fingerprint density at radius 2 is 2.00 bits per heavy atom. The van der Waals surface area contributed by atoms with Crippen LogP contribution in [0, 0.1) is 5.92 Å². The minimum absolute atomic E-state index is 0.0628. The van der Waals surface area contributed by atoms with Crippen LogP contribution >= 0.6 is 0 Å². The van der Waals surface area contributed by atoms with E-state index in [0.717, 1.165) is 70.6 Å². The van der Waals surface area contributed by atoms with Crippen molar-refractivity contribution < 1.29 is 9.53 Å². The number of hydrogen-bond acceptors (Lipinski definition) is 6. The largest absolute Gasteiger partial charge is 0.376 e. The van der Waals surface area contributed by atoms with Crippen LogP contribution in [0.4, 0.5) is 5.95 Å². The first kappa shape index (κ1) is 18.1. The summed E-state index contributed by atoms with van der Waals surface area (Å²) in [6.07, 6.45) is 8.63. The Kier molecular flexibility index (Phi) is 6.58. The number of carbonyl (C=O) groups is 1. The van der Waals surface area contributed by atoms with E-state index in [9.17, 15) is 4.79 Å². The SMILES string of the molecule is CC(=O)NCC1CCN(Cc2cnc(NC[C@H]3CCCO3)nc2)CC1. The molecule has 7 heteroatoms. The van der Waals surface area contributed by atoms with Crippen molar-refractivity contribution >= 4 is 11.9 Å². The number of amides is 1. The minimum atomic E-state index is 0.0628. The molecule has 7 nitrogen and oxygen atoms in total. The van der Waals surface area contributed by atoms with Crippen molar-refractivity contribution in [1.29, 1.82) is 0 Å². The van der Waals surface area contributed by atoms with E-state index in [1.807, 2.05) is 12.4 Å². The zero-order valence-corrected chi connectivity index (χ0v) is 15.0. The van der Waals surface area contributed by atoms with E-state index in [0.29, 0.717) is 18.0 Å². The van der Waals surface area contributed by atoms with Crippen molar-refractivity contribution in [3.63, 3.8) is 0 Å². The standard InChI is InChI=1S/C18H29N5O2/c1-14(24)19-9-15-4-6-23(7-5-15)13-16-10-20-18(21-11-16)22-12-17-3-2-8-25-17/h10-11,15,17H,2-9,12-13H2,1H3,(H,19,24)(H,20,21,22)/t17-/m1/s1. The lowest BCUT2D eigenvalue weighted by Gasteiger charge is -2.31. The molecule has 0 radical (unpaired) electrons. The van der Waals surface area contributed by atoms with Crippen molar-refractivity contribution in [2.75, 3.05) is 38.1 Å². The summed E-state index contributed by atoms with van der Waals surface area (Å²) in [5.74, 6) is 1.34. The maximum atomic E-state index is 11.0. The zero-order chi connectivity index (χ0) is 17.5. The molecule has 0 saturated carbocycles. The van der Waals surface area contributed by atoms with E-state index >= 15 is 0 Å². The second-order valence-corrected chi connectivity index (χ2v) is 7.09. The fourth-order valence-electron chi connectivity index (χ4n) is 3.43. The van der Waals surface area contributed by atoms with E-state index in [2.05, 4.69) is 25.5 Å². The second-order valence-electron chi connectivity index (χ2n) is 7.09. The summed E-state index contributed by atoms with van der Waals surface area (Å²) < 4.78 is 5.59. The summed E-state index contributed by atoms with van der Waals surface area (Å²) in [4.78, 5) is 22.3. The number of hydrogen-bond donors (Lipinski definition) is 2. The van der Waals surface area contributed by atoms with E-state index in [-0.39, 0.29) is 5.91 Å². The van der Waals surface area contributed by atoms with E-state index in [1.54, 1.807) is 6.92 Å². The number of anilines is 1. The topological polar surface area (TPSA) is 79.4 Å². The Hall–Kier alpha value is -1.73. The molecule has 0 aliphatic carbocycles. The molecule has 25 heavy (non-hydrogen) atoms. The summed E-state index contributed by atoms with van der Waals surface area (Å²) in [6.45, 7) is 7.03. The van der Waals surface area contributed by atoms with Gasteiger partial charge in [0, 0.05) is 51.1 Å². The highest BCUT2D eigenvalue weighted by atomic mass is 16.5. The van der Waals surface area contributed by atoms with Crippen molar-refractivity contribution in [2.45, 2.75) is 45.3 Å². The van der Waals surface area contributed by atoms with Gasteiger partial charge in [-0.15, -0.1) is 0 Å². The normalized spacial score (nSPS) is 22.0. The van der Waals surface area contributed by atoms with Gasteiger partial charge in [-0.25, -0.2) is 9.97 Å². The lowest BCUT2D eigenvalue weighted by atomic mass is 9.96. The highest BCUT2D eigenvalue weighted by Gasteiger charge is 2.19. The summed E-state index contributed by atoms with van der Waals surface area (Å²) in [5.41, 5.74) is 1.14. The Labute approximate surface area is 149 Å². The summed E-state index contributed by atoms with van der Waals surface area (Å²) in [7, 11) is 0. The van der Waals surface area contributed by atoms with Gasteiger partial charge in [0.2, 0.25) is 11.9 Å². The van der Waals surface area contributed by atoms with Crippen LogP contribution < -0.4 is 10.6 Å². The molecule has 2 fully saturated rings. The van der Waals surface area contributed by atoms with Crippen molar-refractivity contribution in [3.05, 3.63) is 18.0 Å². The van der Waals surface area contributed by atoms with Gasteiger partial charge in [-0.05, 0) is 44.7 Å². The molecule has 0 spiro atoms. The van der Waals surface area contributed by atoms with Gasteiger partial charge in [0.05, 0.1) is 6.10 Å². The van der Waals surface area contributed by atoms with Crippen LogP contribution in [0.15, 0.2) is 12.4 Å². The fourth-order valence-corrected chi connectivity index (χ4v) is 3.43. The van der Waals surface area contributed by atoms with Gasteiger partial charge in [-0.2, -0.15) is 0 Å². The highest BCUT2D eigenvalue weighted by Crippen LogP contribution is 2.18. The quantitative estimate of drug-likeness (QED) is 0.776. The molecule has 2 N–H and O–H groups in total. The predicted octanol–water partition coefficient (Wildman–Crippen LogP) is 1.42. The number of aromatic nitrogens is 2. The molecular weight excluding hydrogens is 318 g/mol. The molecule has 3 heterocycles. The van der Waals surface area contributed by atoms with Gasteiger partial charge < -0.3 is 15.4 Å². The lowest BCUT2D eigenvalue weighted by molar-refractivity contribution is -0.119. The van der Waals surface area contributed by atoms with Crippen LogP contribution in [0.2, 0.25) is 0 Å². The number of nitrogens with one attached hydrogen (secondary N) is 2. The molecule has 1 aromatic heterocycles. The van der Waals surface area contributed by atoms with Gasteiger partial charge >= 0.3 is 0 Å². The minimum Gasteiger partial charge on any atom is -0.376 e. The smallest absolute Gasteiger partial charge is 0.222 e. The van der Waals surface area contributed by atoms with Crippen LogP contribution in [0.3, 0.4) is 0 Å². The van der Waals surface area contributed by atoms with Gasteiger partial charge in [-0.3, -0.25) is 9.69 Å². The van der Waals surface area contributed by atoms with Gasteiger partial charge in [0.15, 0.2) is 0 Å². The molecule has 138 valence electrons. The van der Waals surface area contributed by atoms with Gasteiger partial charge in [0.25, 0.3) is 0 Å². The summed E-state index contributed by atoms with van der Waals surface area (Å²) in [6, 6.07) is 0. The number of ether oxygens (including phenoxy) is 1. The summed E-state index contributed by atoms with van der Waals surface area (Å²) >= 11 is 0. The van der Waals surface area contributed by atoms with Crippen molar-refractivity contribution in [2.24, 2.45) is 5.92 Å². The van der Waals surface area contributed by atoms with Crippen LogP contribution in [-0.4, -0.2) is 59.7 Å². The van der Waals surface area contributed by atoms with Crippen LogP contribution in [0.25, 0.3) is 0 Å². The second kappa shape index (κ2) is 9.10.